The van der Waals surface area contributed by atoms with Crippen molar-refractivity contribution in [3.05, 3.63) is 35.9 Å². The molecule has 15 nitrogen and oxygen atoms in total. The molecule has 49 heavy (non-hydrogen) atoms. The first kappa shape index (κ1) is 37.3. The number of ether oxygens (including phenoxy) is 8. The number of hydrogen-bond donors (Lipinski definition) is 0. The van der Waals surface area contributed by atoms with Gasteiger partial charge in [-0.25, -0.2) is 4.79 Å². The fraction of sp³-hybridized carbons (Fsp3) is 0.618. The van der Waals surface area contributed by atoms with Gasteiger partial charge >= 0.3 is 41.8 Å². The summed E-state index contributed by atoms with van der Waals surface area (Å²) >= 11 is 0. The largest absolute Gasteiger partial charge is 0.465 e. The van der Waals surface area contributed by atoms with Crippen LogP contribution in [0.1, 0.15) is 72.7 Å². The summed E-state index contributed by atoms with van der Waals surface area (Å²) in [5.41, 5.74) is -5.45. The van der Waals surface area contributed by atoms with E-state index in [0.29, 0.717) is 0 Å². The highest BCUT2D eigenvalue weighted by Crippen LogP contribution is 2.69. The molecular weight excluding hydrogens is 648 g/mol. The topological polar surface area (TPSA) is 193 Å². The van der Waals surface area contributed by atoms with Crippen molar-refractivity contribution in [1.29, 1.82) is 0 Å². The lowest BCUT2D eigenvalue weighted by Crippen LogP contribution is -2.84. The van der Waals surface area contributed by atoms with Crippen molar-refractivity contribution in [1.82, 2.24) is 0 Å². The number of fused-ring (bicyclic) bond motifs is 1. The fourth-order valence-corrected chi connectivity index (χ4v) is 8.10. The summed E-state index contributed by atoms with van der Waals surface area (Å²) in [5.74, 6) is -8.21. The normalized spacial score (nSPS) is 33.9. The van der Waals surface area contributed by atoms with Gasteiger partial charge in [-0.2, -0.15) is 0 Å². The van der Waals surface area contributed by atoms with Crippen LogP contribution in [-0.4, -0.2) is 96.2 Å². The predicted molar refractivity (Wildman–Crippen MR) is 163 cm³/mol. The fourth-order valence-electron chi connectivity index (χ4n) is 8.10. The van der Waals surface area contributed by atoms with Gasteiger partial charge in [-0.05, 0) is 26.0 Å². The average Bonchev–Trinajstić information content (AvgIpc) is 3.17. The van der Waals surface area contributed by atoms with Gasteiger partial charge in [-0.15, -0.1) is 0 Å². The van der Waals surface area contributed by atoms with Crippen LogP contribution < -0.4 is 0 Å². The number of benzene rings is 1. The van der Waals surface area contributed by atoms with Crippen LogP contribution >= 0.6 is 0 Å². The van der Waals surface area contributed by atoms with E-state index < -0.39 is 113 Å². The SMILES string of the molecule is CC(=O)OC[C@@]12[C@H](OC(C)=O)[C@H](OC(=O)c3ccccc3)[C@@H]3[C@H](OC(C)=O)[C@]1(OC3(C)C)[C@H](C)[C@@H](OC(C)=O)[C@H](OC(C)=O)[C@@H]2OC(C)=O. The summed E-state index contributed by atoms with van der Waals surface area (Å²) in [6, 6.07) is 7.90. The van der Waals surface area contributed by atoms with Gasteiger partial charge in [0.2, 0.25) is 0 Å². The lowest BCUT2D eigenvalue weighted by Gasteiger charge is -2.65. The number of carbonyl (C=O) groups is 7. The Balaban J connectivity index is 2.18. The van der Waals surface area contributed by atoms with E-state index in [0.717, 1.165) is 41.5 Å². The van der Waals surface area contributed by atoms with E-state index in [9.17, 15) is 33.6 Å². The summed E-state index contributed by atoms with van der Waals surface area (Å²) in [4.78, 5) is 90.6. The Morgan fingerprint density at radius 1 is 0.612 bits per heavy atom. The number of carbonyl (C=O) groups excluding carboxylic acids is 7. The molecule has 2 aliphatic carbocycles. The molecule has 3 fully saturated rings. The Morgan fingerprint density at radius 3 is 1.57 bits per heavy atom. The molecule has 268 valence electrons. The molecule has 0 aromatic heterocycles. The zero-order chi connectivity index (χ0) is 36.6. The molecular formula is C34H42O15. The van der Waals surface area contributed by atoms with Gasteiger partial charge in [0, 0.05) is 47.5 Å². The van der Waals surface area contributed by atoms with Crippen molar-refractivity contribution in [3.8, 4) is 0 Å². The molecule has 1 aromatic rings. The molecule has 0 radical (unpaired) electrons. The molecule has 1 saturated heterocycles. The highest BCUT2D eigenvalue weighted by molar-refractivity contribution is 5.89. The Hall–Kier alpha value is -4.53. The molecule has 0 N–H and O–H groups in total. The van der Waals surface area contributed by atoms with Gasteiger partial charge < -0.3 is 37.9 Å². The second kappa shape index (κ2) is 13.8. The van der Waals surface area contributed by atoms with Crippen molar-refractivity contribution >= 4 is 41.8 Å². The minimum atomic E-state index is -2.17. The first-order valence-corrected chi connectivity index (χ1v) is 15.8. The molecule has 3 aliphatic rings. The molecule has 0 unspecified atom stereocenters. The Morgan fingerprint density at radius 2 is 1.08 bits per heavy atom. The van der Waals surface area contributed by atoms with Crippen LogP contribution in [0.4, 0.5) is 0 Å². The minimum Gasteiger partial charge on any atom is -0.465 e. The van der Waals surface area contributed by atoms with E-state index in [1.54, 1.807) is 39.0 Å². The van der Waals surface area contributed by atoms with Crippen LogP contribution in [0.15, 0.2) is 30.3 Å². The molecule has 4 rings (SSSR count). The molecule has 1 aromatic carbocycles. The molecule has 1 heterocycles. The third-order valence-corrected chi connectivity index (χ3v) is 9.42. The highest BCUT2D eigenvalue weighted by Gasteiger charge is 2.87. The second-order valence-electron chi connectivity index (χ2n) is 13.1. The van der Waals surface area contributed by atoms with Crippen molar-refractivity contribution in [3.63, 3.8) is 0 Å². The van der Waals surface area contributed by atoms with Crippen LogP contribution in [0, 0.1) is 17.3 Å². The Kier molecular flexibility index (Phi) is 10.5. The minimum absolute atomic E-state index is 0.122. The number of rotatable bonds is 9. The zero-order valence-corrected chi connectivity index (χ0v) is 28.8. The van der Waals surface area contributed by atoms with E-state index >= 15 is 0 Å². The van der Waals surface area contributed by atoms with Crippen LogP contribution in [-0.2, 0) is 66.7 Å². The van der Waals surface area contributed by atoms with Crippen molar-refractivity contribution in [2.75, 3.05) is 6.61 Å². The number of esters is 7. The third-order valence-electron chi connectivity index (χ3n) is 9.42. The highest BCUT2D eigenvalue weighted by atomic mass is 16.7. The maximum atomic E-state index is 13.8. The van der Waals surface area contributed by atoms with E-state index in [4.69, 9.17) is 37.9 Å². The van der Waals surface area contributed by atoms with Crippen LogP contribution in [0.3, 0.4) is 0 Å². The molecule has 1 spiro atoms. The molecule has 0 amide bonds. The average molecular weight is 691 g/mol. The first-order valence-electron chi connectivity index (χ1n) is 15.8. The maximum Gasteiger partial charge on any atom is 0.338 e. The monoisotopic (exact) mass is 690 g/mol. The van der Waals surface area contributed by atoms with E-state index in [2.05, 4.69) is 0 Å². The molecule has 2 saturated carbocycles. The van der Waals surface area contributed by atoms with Crippen LogP contribution in [0.2, 0.25) is 0 Å². The number of hydrogen-bond acceptors (Lipinski definition) is 15. The van der Waals surface area contributed by atoms with Gasteiger partial charge in [-0.1, -0.05) is 25.1 Å². The Labute approximate surface area is 283 Å². The smallest absolute Gasteiger partial charge is 0.338 e. The Bertz CT molecular complexity index is 1500. The van der Waals surface area contributed by atoms with Gasteiger partial charge in [0.25, 0.3) is 0 Å². The summed E-state index contributed by atoms with van der Waals surface area (Å²) in [6.45, 7) is 10.6. The van der Waals surface area contributed by atoms with E-state index in [-0.39, 0.29) is 5.56 Å². The second-order valence-corrected chi connectivity index (χ2v) is 13.1. The molecule has 2 bridgehead atoms. The van der Waals surface area contributed by atoms with Gasteiger partial charge in [0.1, 0.15) is 35.9 Å². The van der Waals surface area contributed by atoms with E-state index in [1.165, 1.54) is 12.1 Å². The van der Waals surface area contributed by atoms with Gasteiger partial charge in [-0.3, -0.25) is 28.8 Å². The standard InChI is InChI=1S/C34H42O15/c1-16-25(43-18(3)36)27(44-19(4)37)30(47-22(7)40)33(15-42-17(2)35)29(46-21(6)39)26(48-31(41)23-13-11-10-12-14-23)24-28(45-20(5)38)34(16,33)49-32(24,8)9/h10-14,16,24-30H,15H2,1-9H3/t16-,24-,25-,26-,27+,28+,29-,30+,33+,34-/m1/s1. The summed E-state index contributed by atoms with van der Waals surface area (Å²) in [6.07, 6.45) is -9.49. The van der Waals surface area contributed by atoms with Gasteiger partial charge in [0.15, 0.2) is 18.3 Å². The van der Waals surface area contributed by atoms with Crippen molar-refractivity contribution < 1.29 is 71.5 Å². The molecule has 10 atom stereocenters. The zero-order valence-electron chi connectivity index (χ0n) is 28.8. The summed E-state index contributed by atoms with van der Waals surface area (Å²) < 4.78 is 48.3. The lowest BCUT2D eigenvalue weighted by molar-refractivity contribution is -0.347. The lowest BCUT2D eigenvalue weighted by atomic mass is 9.46. The van der Waals surface area contributed by atoms with Crippen molar-refractivity contribution in [2.24, 2.45) is 17.3 Å². The maximum absolute atomic E-state index is 13.8. The molecule has 15 heteroatoms. The van der Waals surface area contributed by atoms with Crippen LogP contribution in [0.25, 0.3) is 0 Å². The van der Waals surface area contributed by atoms with Crippen molar-refractivity contribution in [2.45, 2.75) is 110 Å². The predicted octanol–water partition coefficient (Wildman–Crippen LogP) is 2.25. The van der Waals surface area contributed by atoms with E-state index in [1.807, 2.05) is 0 Å². The molecule has 1 aliphatic heterocycles. The summed E-state index contributed by atoms with van der Waals surface area (Å²) in [5, 5.41) is 0. The first-order chi connectivity index (χ1) is 22.8. The summed E-state index contributed by atoms with van der Waals surface area (Å²) in [7, 11) is 0. The quantitative estimate of drug-likeness (QED) is 0.270. The van der Waals surface area contributed by atoms with Gasteiger partial charge in [0.05, 0.1) is 17.1 Å². The third kappa shape index (κ3) is 6.59. The van der Waals surface area contributed by atoms with Crippen LogP contribution in [0.5, 0.6) is 0 Å².